The van der Waals surface area contributed by atoms with Crippen molar-refractivity contribution in [1.29, 1.82) is 0 Å². The van der Waals surface area contributed by atoms with E-state index >= 15 is 0 Å². The normalized spacial score (nSPS) is 17.6. The zero-order valence-electron chi connectivity index (χ0n) is 22.3. The van der Waals surface area contributed by atoms with Gasteiger partial charge in [0.2, 0.25) is 11.7 Å². The van der Waals surface area contributed by atoms with E-state index in [4.69, 9.17) is 5.73 Å². The summed E-state index contributed by atoms with van der Waals surface area (Å²) < 4.78 is 0. The number of nitrogens with zero attached hydrogens (tertiary/aromatic N) is 1. The maximum absolute atomic E-state index is 13.9. The number of anilines is 3. The molecule has 4 bridgehead atoms. The van der Waals surface area contributed by atoms with E-state index in [-0.39, 0.29) is 6.42 Å². The standard InChI is InChI=1S/C31H29N5O5/c1-17-13-21-6-5-18(17)7-10-26(37)30(40)35-22-4-2-3-20(15-22)25(16-27(38)39)36-31(41)28(21)34-23-8-9-24-19(14-23)11-12-33-29(24)32/h2-6,8-9,11-15,25,28,34H,7,10,16H2,1H3,(H2,32,33)(H,35,40)(H,36,41)(H,38,39)/t25?,28-/m0/s1. The Morgan fingerprint density at radius 2 is 1.85 bits per heavy atom. The highest BCUT2D eigenvalue weighted by Crippen LogP contribution is 2.29. The second-order valence-electron chi connectivity index (χ2n) is 10.1. The minimum Gasteiger partial charge on any atom is -0.481 e. The predicted molar refractivity (Wildman–Crippen MR) is 155 cm³/mol. The summed E-state index contributed by atoms with van der Waals surface area (Å²) in [5.41, 5.74) is 9.84. The summed E-state index contributed by atoms with van der Waals surface area (Å²) in [5.74, 6) is -2.46. The van der Waals surface area contributed by atoms with Crippen molar-refractivity contribution < 1.29 is 24.3 Å². The van der Waals surface area contributed by atoms with Crippen LogP contribution in [-0.2, 0) is 25.6 Å². The third-order valence-corrected chi connectivity index (χ3v) is 7.19. The van der Waals surface area contributed by atoms with Gasteiger partial charge >= 0.3 is 5.97 Å². The Kier molecular flexibility index (Phi) is 7.64. The van der Waals surface area contributed by atoms with Crippen molar-refractivity contribution >= 4 is 51.5 Å². The highest BCUT2D eigenvalue weighted by molar-refractivity contribution is 6.40. The molecule has 2 amide bonds. The van der Waals surface area contributed by atoms with Crippen LogP contribution in [0.3, 0.4) is 0 Å². The molecule has 0 fully saturated rings. The highest BCUT2D eigenvalue weighted by atomic mass is 16.4. The number of aliphatic carboxylic acids is 1. The van der Waals surface area contributed by atoms with E-state index in [0.29, 0.717) is 34.7 Å². The van der Waals surface area contributed by atoms with Crippen molar-refractivity contribution in [1.82, 2.24) is 10.3 Å². The molecule has 3 aromatic carbocycles. The number of nitrogens with two attached hydrogens (primary N) is 1. The van der Waals surface area contributed by atoms with Crippen LogP contribution in [0.25, 0.3) is 10.8 Å². The van der Waals surface area contributed by atoms with Gasteiger partial charge in [-0.15, -0.1) is 0 Å². The fourth-order valence-electron chi connectivity index (χ4n) is 5.01. The van der Waals surface area contributed by atoms with Crippen LogP contribution in [0.2, 0.25) is 0 Å². The lowest BCUT2D eigenvalue weighted by Crippen LogP contribution is -2.37. The van der Waals surface area contributed by atoms with Crippen LogP contribution in [0.1, 0.15) is 47.2 Å². The molecule has 10 nitrogen and oxygen atoms in total. The van der Waals surface area contributed by atoms with E-state index in [1.165, 1.54) is 0 Å². The number of hydrogen-bond donors (Lipinski definition) is 5. The molecule has 10 heteroatoms. The zero-order valence-corrected chi connectivity index (χ0v) is 22.3. The number of fused-ring (bicyclic) bond motifs is 10. The smallest absolute Gasteiger partial charge is 0.305 e. The quantitative estimate of drug-likeness (QED) is 0.237. The maximum atomic E-state index is 13.9. The largest absolute Gasteiger partial charge is 0.481 e. The van der Waals surface area contributed by atoms with Crippen LogP contribution in [-0.4, -0.2) is 33.7 Å². The number of hydrogen-bond acceptors (Lipinski definition) is 7. The predicted octanol–water partition coefficient (Wildman–Crippen LogP) is 4.06. The number of aromatic nitrogens is 1. The first-order chi connectivity index (χ1) is 19.7. The van der Waals surface area contributed by atoms with Crippen LogP contribution in [0.5, 0.6) is 0 Å². The maximum Gasteiger partial charge on any atom is 0.305 e. The molecule has 2 aliphatic heterocycles. The molecule has 6 N–H and O–H groups in total. The van der Waals surface area contributed by atoms with Crippen molar-refractivity contribution in [3.05, 3.63) is 95.2 Å². The molecule has 2 atom stereocenters. The lowest BCUT2D eigenvalue weighted by Gasteiger charge is -2.25. The number of benzene rings is 3. The molecule has 1 unspecified atom stereocenters. The number of pyridine rings is 1. The average molecular weight is 552 g/mol. The van der Waals surface area contributed by atoms with E-state index in [9.17, 15) is 24.3 Å². The molecule has 1 aromatic heterocycles. The number of rotatable bonds is 4. The molecule has 4 aromatic rings. The number of ketones is 1. The van der Waals surface area contributed by atoms with E-state index < -0.39 is 42.1 Å². The summed E-state index contributed by atoms with van der Waals surface area (Å²) >= 11 is 0. The number of aryl methyl sites for hydroxylation is 2. The molecule has 0 radical (unpaired) electrons. The molecule has 208 valence electrons. The minimum atomic E-state index is -1.11. The fraction of sp³-hybridized carbons (Fsp3) is 0.194. The molecular weight excluding hydrogens is 522 g/mol. The number of nitrogens with one attached hydrogen (secondary N) is 3. The molecule has 0 saturated heterocycles. The summed E-state index contributed by atoms with van der Waals surface area (Å²) in [5, 5.41) is 20.1. The lowest BCUT2D eigenvalue weighted by atomic mass is 9.95. The van der Waals surface area contributed by atoms with E-state index in [1.807, 2.05) is 37.3 Å². The minimum absolute atomic E-state index is 0.0184. The van der Waals surface area contributed by atoms with Crippen molar-refractivity contribution in [2.45, 2.75) is 38.3 Å². The van der Waals surface area contributed by atoms with Gasteiger partial charge in [-0.1, -0.05) is 30.3 Å². The second-order valence-corrected chi connectivity index (χ2v) is 10.1. The van der Waals surface area contributed by atoms with Gasteiger partial charge in [0.25, 0.3) is 5.91 Å². The summed E-state index contributed by atoms with van der Waals surface area (Å²) in [4.78, 5) is 54.9. The Morgan fingerprint density at radius 3 is 2.63 bits per heavy atom. The van der Waals surface area contributed by atoms with Gasteiger partial charge in [0.15, 0.2) is 0 Å². The summed E-state index contributed by atoms with van der Waals surface area (Å²) in [7, 11) is 0. The van der Waals surface area contributed by atoms with Crippen molar-refractivity contribution in [3.63, 3.8) is 0 Å². The summed E-state index contributed by atoms with van der Waals surface area (Å²) in [6.45, 7) is 1.88. The molecule has 0 spiro atoms. The molecule has 0 aliphatic carbocycles. The Hall–Kier alpha value is -5.25. The third-order valence-electron chi connectivity index (χ3n) is 7.19. The topological polar surface area (TPSA) is 164 Å². The highest BCUT2D eigenvalue weighted by Gasteiger charge is 2.27. The number of carbonyl (C=O) groups excluding carboxylic acids is 3. The molecular formula is C31H29N5O5. The van der Waals surface area contributed by atoms with Gasteiger partial charge in [-0.25, -0.2) is 4.98 Å². The van der Waals surface area contributed by atoms with Gasteiger partial charge in [0.1, 0.15) is 11.9 Å². The Morgan fingerprint density at radius 1 is 1.02 bits per heavy atom. The molecule has 6 rings (SSSR count). The van der Waals surface area contributed by atoms with Crippen LogP contribution in [0.15, 0.2) is 72.9 Å². The SMILES string of the molecule is Cc1cc2ccc1CCC(=O)C(=O)Nc1cccc(c1)C(CC(=O)O)NC(=O)[C@H]2Nc1ccc2c(N)nccc2c1. The van der Waals surface area contributed by atoms with Crippen LogP contribution >= 0.6 is 0 Å². The number of carboxylic acids is 1. The van der Waals surface area contributed by atoms with E-state index in [2.05, 4.69) is 20.9 Å². The van der Waals surface area contributed by atoms with Crippen molar-refractivity contribution in [3.8, 4) is 0 Å². The van der Waals surface area contributed by atoms with Gasteiger partial charge in [-0.2, -0.15) is 0 Å². The van der Waals surface area contributed by atoms with Gasteiger partial charge in [0, 0.05) is 29.4 Å². The van der Waals surface area contributed by atoms with Gasteiger partial charge in [0.05, 0.1) is 12.5 Å². The number of nitrogen functional groups attached to an aromatic ring is 1. The Labute approximate surface area is 236 Å². The number of Topliss-reactive ketones (excluding diaryl/α,β-unsaturated/α-hetero) is 1. The van der Waals surface area contributed by atoms with Crippen LogP contribution in [0, 0.1) is 6.92 Å². The lowest BCUT2D eigenvalue weighted by molar-refractivity contribution is -0.137. The molecule has 41 heavy (non-hydrogen) atoms. The third kappa shape index (κ3) is 6.17. The molecule has 0 saturated carbocycles. The zero-order chi connectivity index (χ0) is 29.1. The molecule has 3 heterocycles. The summed E-state index contributed by atoms with van der Waals surface area (Å²) in [6, 6.07) is 17.5. The Bertz CT molecular complexity index is 1690. The average Bonchev–Trinajstić information content (AvgIpc) is 2.94. The van der Waals surface area contributed by atoms with E-state index in [1.54, 1.807) is 42.6 Å². The molecule has 2 aliphatic rings. The van der Waals surface area contributed by atoms with E-state index in [0.717, 1.165) is 21.9 Å². The van der Waals surface area contributed by atoms with Crippen molar-refractivity contribution in [2.24, 2.45) is 0 Å². The first kappa shape index (κ1) is 27.3. The second kappa shape index (κ2) is 11.5. The van der Waals surface area contributed by atoms with Gasteiger partial charge in [-0.3, -0.25) is 19.2 Å². The Balaban J connectivity index is 1.57. The fourth-order valence-corrected chi connectivity index (χ4v) is 5.01. The van der Waals surface area contributed by atoms with Crippen LogP contribution < -0.4 is 21.7 Å². The van der Waals surface area contributed by atoms with Gasteiger partial charge < -0.3 is 26.8 Å². The van der Waals surface area contributed by atoms with Crippen LogP contribution in [0.4, 0.5) is 17.2 Å². The monoisotopic (exact) mass is 551 g/mol. The summed E-state index contributed by atoms with van der Waals surface area (Å²) in [6.07, 6.45) is 1.60. The number of carboxylic acid groups (broad SMARTS) is 1. The number of carbonyl (C=O) groups is 4. The first-order valence-electron chi connectivity index (χ1n) is 13.1. The van der Waals surface area contributed by atoms with Crippen molar-refractivity contribution in [2.75, 3.05) is 16.4 Å². The number of amides is 2. The first-order valence-corrected chi connectivity index (χ1v) is 13.1. The van der Waals surface area contributed by atoms with Gasteiger partial charge in [-0.05, 0) is 77.4 Å².